The highest BCUT2D eigenvalue weighted by Gasteiger charge is 2.12. The lowest BCUT2D eigenvalue weighted by molar-refractivity contribution is -0.121. The van der Waals surface area contributed by atoms with Gasteiger partial charge >= 0.3 is 0 Å². The van der Waals surface area contributed by atoms with E-state index in [0.717, 1.165) is 16.7 Å². The Morgan fingerprint density at radius 2 is 1.63 bits per heavy atom. The van der Waals surface area contributed by atoms with Crippen molar-refractivity contribution in [2.24, 2.45) is 0 Å². The lowest BCUT2D eigenvalue weighted by atomic mass is 10.0. The van der Waals surface area contributed by atoms with Crippen LogP contribution in [0.5, 0.6) is 0 Å². The molecule has 0 aliphatic carbocycles. The van der Waals surface area contributed by atoms with Crippen molar-refractivity contribution in [3.05, 3.63) is 84.3 Å². The smallest absolute Gasteiger partial charge is 0.286 e. The predicted molar refractivity (Wildman–Crippen MR) is 104 cm³/mol. The summed E-state index contributed by atoms with van der Waals surface area (Å²) in [6.45, 7) is 2.20. The molecule has 0 saturated heterocycles. The molecule has 5 nitrogen and oxygen atoms in total. The minimum atomic E-state index is -0.322. The largest absolute Gasteiger partial charge is 0.459 e. The minimum Gasteiger partial charge on any atom is -0.459 e. The van der Waals surface area contributed by atoms with Crippen LogP contribution in [0.2, 0.25) is 0 Å². The quantitative estimate of drug-likeness (QED) is 0.669. The number of hydrogen-bond acceptors (Lipinski definition) is 3. The molecular weight excluding hydrogens is 340 g/mol. The third kappa shape index (κ3) is 5.07. The van der Waals surface area contributed by atoms with E-state index in [0.29, 0.717) is 0 Å². The summed E-state index contributed by atoms with van der Waals surface area (Å²) in [6, 6.07) is 21.4. The number of nitrogens with one attached hydrogen (secondary N) is 2. The molecule has 3 rings (SSSR count). The van der Waals surface area contributed by atoms with Crippen LogP contribution < -0.4 is 10.6 Å². The van der Waals surface area contributed by atoms with Crippen molar-refractivity contribution in [2.75, 3.05) is 6.54 Å². The van der Waals surface area contributed by atoms with E-state index in [9.17, 15) is 9.59 Å². The molecule has 0 spiro atoms. The zero-order chi connectivity index (χ0) is 19.1. The van der Waals surface area contributed by atoms with Crippen molar-refractivity contribution in [1.82, 2.24) is 10.6 Å². The van der Waals surface area contributed by atoms with E-state index in [4.69, 9.17) is 4.42 Å². The fourth-order valence-electron chi connectivity index (χ4n) is 2.78. The number of furan rings is 1. The van der Waals surface area contributed by atoms with Gasteiger partial charge in [0.15, 0.2) is 5.76 Å². The molecule has 1 atom stereocenters. The van der Waals surface area contributed by atoms with Crippen molar-refractivity contribution >= 4 is 11.8 Å². The Balaban J connectivity index is 1.47. The van der Waals surface area contributed by atoms with Crippen molar-refractivity contribution < 1.29 is 14.0 Å². The highest BCUT2D eigenvalue weighted by atomic mass is 16.3. The number of benzene rings is 2. The van der Waals surface area contributed by atoms with Crippen LogP contribution >= 0.6 is 0 Å². The summed E-state index contributed by atoms with van der Waals surface area (Å²) in [5.74, 6) is -0.200. The fraction of sp³-hybridized carbons (Fsp3) is 0.182. The molecule has 0 fully saturated rings. The van der Waals surface area contributed by atoms with E-state index in [-0.39, 0.29) is 36.6 Å². The van der Waals surface area contributed by atoms with E-state index in [2.05, 4.69) is 34.9 Å². The maximum absolute atomic E-state index is 12.1. The molecule has 0 unspecified atom stereocenters. The fourth-order valence-corrected chi connectivity index (χ4v) is 2.78. The van der Waals surface area contributed by atoms with Crippen LogP contribution in [-0.4, -0.2) is 18.4 Å². The minimum absolute atomic E-state index is 0.108. The molecule has 2 N–H and O–H groups in total. The average molecular weight is 362 g/mol. The van der Waals surface area contributed by atoms with Crippen LogP contribution in [0.4, 0.5) is 0 Å². The first kappa shape index (κ1) is 18.5. The molecular formula is C22H22N2O3. The van der Waals surface area contributed by atoms with Gasteiger partial charge in [0.25, 0.3) is 5.91 Å². The molecule has 2 amide bonds. The Morgan fingerprint density at radius 1 is 0.926 bits per heavy atom. The second-order valence-electron chi connectivity index (χ2n) is 6.26. The molecule has 27 heavy (non-hydrogen) atoms. The van der Waals surface area contributed by atoms with E-state index in [1.807, 2.05) is 37.3 Å². The van der Waals surface area contributed by atoms with Crippen molar-refractivity contribution in [3.63, 3.8) is 0 Å². The molecule has 5 heteroatoms. The molecule has 0 saturated carbocycles. The van der Waals surface area contributed by atoms with E-state index in [1.165, 1.54) is 6.26 Å². The third-order valence-corrected chi connectivity index (χ3v) is 4.28. The zero-order valence-electron chi connectivity index (χ0n) is 15.1. The molecule has 2 aromatic carbocycles. The summed E-state index contributed by atoms with van der Waals surface area (Å²) in [5.41, 5.74) is 3.33. The SMILES string of the molecule is C[C@@H](NC(=O)CCNC(=O)c1ccco1)c1ccc(-c2ccccc2)cc1. The summed E-state index contributed by atoms with van der Waals surface area (Å²) < 4.78 is 5.00. The van der Waals surface area contributed by atoms with Gasteiger partial charge in [0, 0.05) is 13.0 Å². The monoisotopic (exact) mass is 362 g/mol. The highest BCUT2D eigenvalue weighted by molar-refractivity contribution is 5.91. The standard InChI is InChI=1S/C22H22N2O3/c1-16(17-9-11-19(12-10-17)18-6-3-2-4-7-18)24-21(25)13-14-23-22(26)20-8-5-15-27-20/h2-12,15-16H,13-14H2,1H3,(H,23,26)(H,24,25)/t16-/m1/s1. The van der Waals surface area contributed by atoms with Crippen LogP contribution in [0.3, 0.4) is 0 Å². The van der Waals surface area contributed by atoms with Crippen molar-refractivity contribution in [2.45, 2.75) is 19.4 Å². The lowest BCUT2D eigenvalue weighted by Crippen LogP contribution is -2.31. The van der Waals surface area contributed by atoms with Gasteiger partial charge in [-0.1, -0.05) is 54.6 Å². The van der Waals surface area contributed by atoms with Gasteiger partial charge in [0.05, 0.1) is 12.3 Å². The highest BCUT2D eigenvalue weighted by Crippen LogP contribution is 2.21. The number of rotatable bonds is 7. The summed E-state index contributed by atoms with van der Waals surface area (Å²) in [7, 11) is 0. The predicted octanol–water partition coefficient (Wildman–Crippen LogP) is 3.94. The van der Waals surface area contributed by atoms with E-state index < -0.39 is 0 Å². The third-order valence-electron chi connectivity index (χ3n) is 4.28. The maximum atomic E-state index is 12.1. The molecule has 1 heterocycles. The van der Waals surface area contributed by atoms with E-state index in [1.54, 1.807) is 12.1 Å². The van der Waals surface area contributed by atoms with Gasteiger partial charge in [-0.25, -0.2) is 0 Å². The molecule has 0 aliphatic rings. The van der Waals surface area contributed by atoms with Gasteiger partial charge in [-0.15, -0.1) is 0 Å². The lowest BCUT2D eigenvalue weighted by Gasteiger charge is -2.15. The second kappa shape index (κ2) is 8.85. The Labute approximate surface area is 158 Å². The van der Waals surface area contributed by atoms with Gasteiger partial charge in [-0.2, -0.15) is 0 Å². The first-order valence-corrected chi connectivity index (χ1v) is 8.90. The number of carbonyl (C=O) groups is 2. The van der Waals surface area contributed by atoms with Crippen LogP contribution in [0, 0.1) is 0 Å². The van der Waals surface area contributed by atoms with Crippen LogP contribution in [0.1, 0.15) is 35.5 Å². The Bertz CT molecular complexity index is 872. The topological polar surface area (TPSA) is 71.3 Å². The number of amides is 2. The van der Waals surface area contributed by atoms with Crippen LogP contribution in [0.15, 0.2) is 77.4 Å². The van der Waals surface area contributed by atoms with Crippen LogP contribution in [-0.2, 0) is 4.79 Å². The summed E-state index contributed by atoms with van der Waals surface area (Å²) in [4.78, 5) is 23.8. The number of hydrogen-bond donors (Lipinski definition) is 2. The Morgan fingerprint density at radius 3 is 2.30 bits per heavy atom. The Hall–Kier alpha value is -3.34. The van der Waals surface area contributed by atoms with Gasteiger partial charge in [-0.3, -0.25) is 9.59 Å². The summed E-state index contributed by atoms with van der Waals surface area (Å²) in [5, 5.41) is 5.61. The second-order valence-corrected chi connectivity index (χ2v) is 6.26. The van der Waals surface area contributed by atoms with Gasteiger partial charge in [0.1, 0.15) is 0 Å². The van der Waals surface area contributed by atoms with Crippen molar-refractivity contribution in [1.29, 1.82) is 0 Å². The normalized spacial score (nSPS) is 11.6. The molecule has 0 radical (unpaired) electrons. The summed E-state index contributed by atoms with van der Waals surface area (Å²) in [6.07, 6.45) is 1.64. The summed E-state index contributed by atoms with van der Waals surface area (Å²) >= 11 is 0. The van der Waals surface area contributed by atoms with Gasteiger partial charge in [0.2, 0.25) is 5.91 Å². The number of carbonyl (C=O) groups excluding carboxylic acids is 2. The molecule has 1 aromatic heterocycles. The molecule has 138 valence electrons. The molecule has 0 aliphatic heterocycles. The molecule has 3 aromatic rings. The molecule has 0 bridgehead atoms. The zero-order valence-corrected chi connectivity index (χ0v) is 15.1. The van der Waals surface area contributed by atoms with Gasteiger partial charge < -0.3 is 15.1 Å². The van der Waals surface area contributed by atoms with Crippen LogP contribution in [0.25, 0.3) is 11.1 Å². The first-order valence-electron chi connectivity index (χ1n) is 8.90. The first-order chi connectivity index (χ1) is 13.1. The van der Waals surface area contributed by atoms with Gasteiger partial charge in [-0.05, 0) is 35.7 Å². The van der Waals surface area contributed by atoms with E-state index >= 15 is 0 Å². The average Bonchev–Trinajstić information content (AvgIpc) is 3.23. The Kier molecular flexibility index (Phi) is 6.05. The maximum Gasteiger partial charge on any atom is 0.286 e. The van der Waals surface area contributed by atoms with Crippen molar-refractivity contribution in [3.8, 4) is 11.1 Å².